The molecule has 28 heavy (non-hydrogen) atoms. The van der Waals surface area contributed by atoms with Crippen LogP contribution in [0.2, 0.25) is 5.02 Å². The monoisotopic (exact) mass is 417 g/mol. The highest BCUT2D eigenvalue weighted by atomic mass is 35.5. The fourth-order valence-electron chi connectivity index (χ4n) is 2.50. The molecule has 0 fully saturated rings. The first-order chi connectivity index (χ1) is 13.4. The fourth-order valence-corrected chi connectivity index (χ4v) is 3.42. The first kappa shape index (κ1) is 20.2. The molecule has 0 aliphatic rings. The first-order valence-electron chi connectivity index (χ1n) is 8.68. The molecule has 0 spiro atoms. The number of halogens is 1. The van der Waals surface area contributed by atoms with E-state index in [1.807, 2.05) is 47.9 Å². The summed E-state index contributed by atoms with van der Waals surface area (Å²) >= 11 is 7.22. The zero-order chi connectivity index (χ0) is 20.1. The molecule has 0 bridgehead atoms. The molecule has 0 saturated carbocycles. The van der Waals surface area contributed by atoms with Crippen molar-refractivity contribution in [1.29, 1.82) is 0 Å². The van der Waals surface area contributed by atoms with Gasteiger partial charge in [-0.15, -0.1) is 10.2 Å². The topological polar surface area (TPSA) is 77.2 Å². The van der Waals surface area contributed by atoms with Gasteiger partial charge in [0.1, 0.15) is 17.6 Å². The predicted octanol–water partition coefficient (Wildman–Crippen LogP) is 4.43. The van der Waals surface area contributed by atoms with Gasteiger partial charge in [-0.25, -0.2) is 0 Å². The maximum atomic E-state index is 11.2. The van der Waals surface area contributed by atoms with Crippen molar-refractivity contribution in [3.63, 3.8) is 0 Å². The predicted molar refractivity (Wildman–Crippen MR) is 109 cm³/mol. The van der Waals surface area contributed by atoms with Crippen molar-refractivity contribution in [1.82, 2.24) is 14.8 Å². The Morgan fingerprint density at radius 2 is 2.00 bits per heavy atom. The Balaban J connectivity index is 1.83. The van der Waals surface area contributed by atoms with E-state index >= 15 is 0 Å². The summed E-state index contributed by atoms with van der Waals surface area (Å²) in [5.41, 5.74) is 1.99. The Morgan fingerprint density at radius 3 is 2.68 bits per heavy atom. The molecule has 2 aromatic carbocycles. The highest BCUT2D eigenvalue weighted by molar-refractivity contribution is 8.00. The maximum Gasteiger partial charge on any atom is 0.316 e. The summed E-state index contributed by atoms with van der Waals surface area (Å²) in [6.07, 6.45) is 0. The van der Waals surface area contributed by atoms with Crippen LogP contribution >= 0.6 is 23.4 Å². The second-order valence-electron chi connectivity index (χ2n) is 6.27. The van der Waals surface area contributed by atoms with Crippen molar-refractivity contribution in [3.8, 4) is 5.75 Å². The Bertz CT molecular complexity index is 963. The van der Waals surface area contributed by atoms with E-state index in [9.17, 15) is 9.90 Å². The maximum absolute atomic E-state index is 11.2. The van der Waals surface area contributed by atoms with Crippen molar-refractivity contribution in [2.75, 3.05) is 0 Å². The summed E-state index contributed by atoms with van der Waals surface area (Å²) in [4.78, 5) is 11.2. The molecule has 1 N–H and O–H groups in total. The lowest BCUT2D eigenvalue weighted by atomic mass is 10.2. The Kier molecular flexibility index (Phi) is 6.59. The molecular formula is C20H20ClN3O3S. The second-order valence-corrected chi connectivity index (χ2v) is 7.98. The van der Waals surface area contributed by atoms with Gasteiger partial charge in [0.25, 0.3) is 0 Å². The summed E-state index contributed by atoms with van der Waals surface area (Å²) < 4.78 is 7.76. The zero-order valence-electron chi connectivity index (χ0n) is 15.5. The van der Waals surface area contributed by atoms with Crippen LogP contribution in [0.5, 0.6) is 5.75 Å². The van der Waals surface area contributed by atoms with Crippen LogP contribution in [-0.4, -0.2) is 31.1 Å². The van der Waals surface area contributed by atoms with Crippen LogP contribution in [0, 0.1) is 6.92 Å². The number of aryl methyl sites for hydroxylation is 1. The Hall–Kier alpha value is -2.51. The minimum Gasteiger partial charge on any atom is -0.486 e. The lowest BCUT2D eigenvalue weighted by molar-refractivity contribution is -0.136. The van der Waals surface area contributed by atoms with Crippen molar-refractivity contribution < 1.29 is 14.6 Å². The van der Waals surface area contributed by atoms with Crippen molar-refractivity contribution in [2.45, 2.75) is 37.4 Å². The molecule has 0 saturated heterocycles. The fraction of sp³-hybridized carbons (Fsp3) is 0.250. The average molecular weight is 418 g/mol. The van der Waals surface area contributed by atoms with Gasteiger partial charge in [0, 0.05) is 5.02 Å². The molecule has 3 rings (SSSR count). The highest BCUT2D eigenvalue weighted by Gasteiger charge is 2.20. The molecule has 1 heterocycles. The van der Waals surface area contributed by atoms with E-state index in [0.717, 1.165) is 22.9 Å². The molecule has 6 nitrogen and oxygen atoms in total. The number of ether oxygens (including phenoxy) is 1. The van der Waals surface area contributed by atoms with Crippen LogP contribution in [0.3, 0.4) is 0 Å². The van der Waals surface area contributed by atoms with Gasteiger partial charge < -0.3 is 9.84 Å². The van der Waals surface area contributed by atoms with E-state index in [0.29, 0.717) is 28.3 Å². The second kappa shape index (κ2) is 9.12. The molecule has 8 heteroatoms. The van der Waals surface area contributed by atoms with E-state index in [1.54, 1.807) is 19.1 Å². The number of benzene rings is 2. The van der Waals surface area contributed by atoms with Crippen molar-refractivity contribution >= 4 is 29.3 Å². The van der Waals surface area contributed by atoms with Gasteiger partial charge in [0.05, 0.1) is 6.54 Å². The number of aliphatic carboxylic acids is 1. The minimum absolute atomic E-state index is 0.211. The molecule has 1 aromatic heterocycles. The quantitative estimate of drug-likeness (QED) is 0.546. The smallest absolute Gasteiger partial charge is 0.316 e. The molecular weight excluding hydrogens is 398 g/mol. The summed E-state index contributed by atoms with van der Waals surface area (Å²) in [7, 11) is 0. The minimum atomic E-state index is -0.895. The largest absolute Gasteiger partial charge is 0.486 e. The van der Waals surface area contributed by atoms with Crippen LogP contribution in [0.15, 0.2) is 53.7 Å². The molecule has 0 radical (unpaired) electrons. The number of carbonyl (C=O) groups is 1. The molecule has 3 aromatic rings. The van der Waals surface area contributed by atoms with Crippen molar-refractivity contribution in [3.05, 3.63) is 70.5 Å². The lowest BCUT2D eigenvalue weighted by Crippen LogP contribution is -2.14. The lowest BCUT2D eigenvalue weighted by Gasteiger charge is -2.12. The highest BCUT2D eigenvalue weighted by Crippen LogP contribution is 2.25. The summed E-state index contributed by atoms with van der Waals surface area (Å²) in [5.74, 6) is 0.412. The van der Waals surface area contributed by atoms with E-state index < -0.39 is 11.2 Å². The van der Waals surface area contributed by atoms with Gasteiger partial charge in [-0.05, 0) is 43.2 Å². The molecule has 146 valence electrons. The zero-order valence-corrected chi connectivity index (χ0v) is 17.1. The van der Waals surface area contributed by atoms with Crippen LogP contribution in [0.4, 0.5) is 0 Å². The normalized spacial score (nSPS) is 12.0. The molecule has 0 amide bonds. The summed E-state index contributed by atoms with van der Waals surface area (Å²) in [6, 6.07) is 15.3. The third kappa shape index (κ3) is 5.05. The molecule has 0 aliphatic carbocycles. The van der Waals surface area contributed by atoms with E-state index in [-0.39, 0.29) is 6.61 Å². The van der Waals surface area contributed by atoms with Gasteiger partial charge in [0.2, 0.25) is 0 Å². The standard InChI is InChI=1S/C20H20ClN3O3S/c1-13-10-16(8-9-17(13)21)27-12-18-22-23-20(28-14(2)19(25)26)24(18)11-15-6-4-3-5-7-15/h3-10,14H,11-12H2,1-2H3,(H,25,26). The number of carboxylic acid groups (broad SMARTS) is 1. The molecule has 1 unspecified atom stereocenters. The van der Waals surface area contributed by atoms with Crippen LogP contribution in [-0.2, 0) is 17.9 Å². The Labute approximate surface area is 172 Å². The van der Waals surface area contributed by atoms with Crippen LogP contribution in [0.25, 0.3) is 0 Å². The number of hydrogen-bond acceptors (Lipinski definition) is 5. The number of thioether (sulfide) groups is 1. The Morgan fingerprint density at radius 1 is 1.25 bits per heavy atom. The van der Waals surface area contributed by atoms with E-state index in [1.165, 1.54) is 0 Å². The van der Waals surface area contributed by atoms with Gasteiger partial charge in [-0.2, -0.15) is 0 Å². The van der Waals surface area contributed by atoms with Gasteiger partial charge in [-0.1, -0.05) is 53.7 Å². The van der Waals surface area contributed by atoms with Gasteiger partial charge >= 0.3 is 5.97 Å². The average Bonchev–Trinajstić information content (AvgIpc) is 3.05. The van der Waals surface area contributed by atoms with Gasteiger partial charge in [0.15, 0.2) is 11.0 Å². The van der Waals surface area contributed by atoms with Crippen molar-refractivity contribution in [2.24, 2.45) is 0 Å². The van der Waals surface area contributed by atoms with Crippen LogP contribution in [0.1, 0.15) is 23.9 Å². The molecule has 0 aliphatic heterocycles. The number of aromatic nitrogens is 3. The SMILES string of the molecule is Cc1cc(OCc2nnc(SC(C)C(=O)O)n2Cc2ccccc2)ccc1Cl. The van der Waals surface area contributed by atoms with E-state index in [4.69, 9.17) is 16.3 Å². The number of carboxylic acids is 1. The third-order valence-electron chi connectivity index (χ3n) is 4.10. The summed E-state index contributed by atoms with van der Waals surface area (Å²) in [5, 5.41) is 18.2. The number of rotatable bonds is 8. The number of hydrogen-bond donors (Lipinski definition) is 1. The third-order valence-corrected chi connectivity index (χ3v) is 5.60. The van der Waals surface area contributed by atoms with E-state index in [2.05, 4.69) is 10.2 Å². The number of nitrogens with zero attached hydrogens (tertiary/aromatic N) is 3. The van der Waals surface area contributed by atoms with Crippen LogP contribution < -0.4 is 4.74 Å². The summed E-state index contributed by atoms with van der Waals surface area (Å²) in [6.45, 7) is 4.28. The first-order valence-corrected chi connectivity index (χ1v) is 9.94. The van der Waals surface area contributed by atoms with Gasteiger partial charge in [-0.3, -0.25) is 9.36 Å². The molecule has 1 atom stereocenters.